The number of rotatable bonds is 7. The third kappa shape index (κ3) is 4.61. The van der Waals surface area contributed by atoms with E-state index in [9.17, 15) is 4.79 Å². The Morgan fingerprint density at radius 3 is 2.81 bits per heavy atom. The molecule has 0 aliphatic heterocycles. The topological polar surface area (TPSA) is 79.7 Å². The first-order valence-corrected chi connectivity index (χ1v) is 5.73. The van der Waals surface area contributed by atoms with E-state index in [4.69, 9.17) is 14.9 Å². The number of carboxylic acids is 1. The summed E-state index contributed by atoms with van der Waals surface area (Å²) in [6.45, 7) is 0.899. The highest BCUT2D eigenvalue weighted by Gasteiger charge is 2.02. The minimum atomic E-state index is -0.977. The molecule has 1 aromatic heterocycles. The molecule has 6 heteroatoms. The third-order valence-electron chi connectivity index (χ3n) is 1.70. The SMILES string of the molecule is O=C(O)c1ccc(SCCOCCO)nc1. The number of thioether (sulfide) groups is 1. The van der Waals surface area contributed by atoms with Crippen molar-refractivity contribution in [1.29, 1.82) is 0 Å². The average Bonchev–Trinajstić information content (AvgIpc) is 2.29. The van der Waals surface area contributed by atoms with Crippen molar-refractivity contribution in [3.8, 4) is 0 Å². The van der Waals surface area contributed by atoms with Crippen LogP contribution in [0.4, 0.5) is 0 Å². The van der Waals surface area contributed by atoms with E-state index in [1.165, 1.54) is 24.0 Å². The number of aliphatic hydroxyl groups is 1. The number of aliphatic hydroxyl groups excluding tert-OH is 1. The first-order chi connectivity index (χ1) is 7.74. The van der Waals surface area contributed by atoms with Gasteiger partial charge in [-0.05, 0) is 12.1 Å². The molecule has 0 unspecified atom stereocenters. The monoisotopic (exact) mass is 243 g/mol. The number of aromatic nitrogens is 1. The lowest BCUT2D eigenvalue weighted by atomic mass is 10.3. The number of ether oxygens (including phenoxy) is 1. The van der Waals surface area contributed by atoms with Gasteiger partial charge in [0.1, 0.15) is 0 Å². The number of aromatic carboxylic acids is 1. The molecule has 0 bridgehead atoms. The maximum atomic E-state index is 10.6. The second-order valence-electron chi connectivity index (χ2n) is 2.87. The molecule has 0 aliphatic rings. The summed E-state index contributed by atoms with van der Waals surface area (Å²) >= 11 is 1.48. The molecule has 0 aromatic carbocycles. The molecule has 5 nitrogen and oxygen atoms in total. The standard InChI is InChI=1S/C10H13NO4S/c12-3-4-15-5-6-16-9-2-1-8(7-11-9)10(13)14/h1-2,7,12H,3-6H2,(H,13,14). The van der Waals surface area contributed by atoms with Crippen molar-refractivity contribution in [2.75, 3.05) is 25.6 Å². The van der Waals surface area contributed by atoms with E-state index in [2.05, 4.69) is 4.98 Å². The van der Waals surface area contributed by atoms with Gasteiger partial charge in [-0.15, -0.1) is 11.8 Å². The van der Waals surface area contributed by atoms with Gasteiger partial charge in [0.25, 0.3) is 0 Å². The molecular weight excluding hydrogens is 230 g/mol. The van der Waals surface area contributed by atoms with Gasteiger partial charge in [-0.2, -0.15) is 0 Å². The molecular formula is C10H13NO4S. The van der Waals surface area contributed by atoms with E-state index in [-0.39, 0.29) is 12.2 Å². The zero-order chi connectivity index (χ0) is 11.8. The summed E-state index contributed by atoms with van der Waals surface area (Å²) in [4.78, 5) is 14.5. The van der Waals surface area contributed by atoms with Crippen molar-refractivity contribution < 1.29 is 19.7 Å². The van der Waals surface area contributed by atoms with Crippen LogP contribution >= 0.6 is 11.8 Å². The smallest absolute Gasteiger partial charge is 0.337 e. The Labute approximate surface area is 97.5 Å². The molecule has 16 heavy (non-hydrogen) atoms. The van der Waals surface area contributed by atoms with Gasteiger partial charge < -0.3 is 14.9 Å². The number of nitrogens with zero attached hydrogens (tertiary/aromatic N) is 1. The van der Waals surface area contributed by atoms with Crippen LogP contribution in [0.5, 0.6) is 0 Å². The largest absolute Gasteiger partial charge is 0.478 e. The van der Waals surface area contributed by atoms with Crippen LogP contribution in [-0.4, -0.2) is 46.7 Å². The van der Waals surface area contributed by atoms with E-state index in [0.29, 0.717) is 13.2 Å². The van der Waals surface area contributed by atoms with Gasteiger partial charge in [-0.1, -0.05) is 0 Å². The summed E-state index contributed by atoms with van der Waals surface area (Å²) in [5, 5.41) is 17.9. The van der Waals surface area contributed by atoms with E-state index in [1.54, 1.807) is 6.07 Å². The minimum Gasteiger partial charge on any atom is -0.478 e. The van der Waals surface area contributed by atoms with E-state index < -0.39 is 5.97 Å². The maximum absolute atomic E-state index is 10.6. The first-order valence-electron chi connectivity index (χ1n) is 4.75. The Morgan fingerprint density at radius 2 is 2.25 bits per heavy atom. The molecule has 0 fully saturated rings. The zero-order valence-electron chi connectivity index (χ0n) is 8.63. The second kappa shape index (κ2) is 7.21. The van der Waals surface area contributed by atoms with Crippen molar-refractivity contribution in [3.05, 3.63) is 23.9 Å². The second-order valence-corrected chi connectivity index (χ2v) is 3.99. The number of pyridine rings is 1. The normalized spacial score (nSPS) is 10.3. The van der Waals surface area contributed by atoms with Gasteiger partial charge in [0.2, 0.25) is 0 Å². The lowest BCUT2D eigenvalue weighted by Gasteiger charge is -2.02. The maximum Gasteiger partial charge on any atom is 0.337 e. The molecule has 1 heterocycles. The van der Waals surface area contributed by atoms with Crippen molar-refractivity contribution in [2.45, 2.75) is 5.03 Å². The van der Waals surface area contributed by atoms with Crippen LogP contribution in [0.1, 0.15) is 10.4 Å². The third-order valence-corrected chi connectivity index (χ3v) is 2.60. The lowest BCUT2D eigenvalue weighted by molar-refractivity contribution is 0.0696. The van der Waals surface area contributed by atoms with Crippen LogP contribution in [0.2, 0.25) is 0 Å². The van der Waals surface area contributed by atoms with Crippen molar-refractivity contribution >= 4 is 17.7 Å². The lowest BCUT2D eigenvalue weighted by Crippen LogP contribution is -2.02. The first kappa shape index (κ1) is 13.0. The Morgan fingerprint density at radius 1 is 1.44 bits per heavy atom. The van der Waals surface area contributed by atoms with Gasteiger partial charge in [-0.25, -0.2) is 9.78 Å². The average molecular weight is 243 g/mol. The molecule has 0 aliphatic carbocycles. The summed E-state index contributed by atoms with van der Waals surface area (Å²) in [7, 11) is 0. The van der Waals surface area contributed by atoms with Crippen molar-refractivity contribution in [2.24, 2.45) is 0 Å². The number of hydrogen-bond donors (Lipinski definition) is 2. The van der Waals surface area contributed by atoms with Gasteiger partial charge in [-0.3, -0.25) is 0 Å². The van der Waals surface area contributed by atoms with Crippen LogP contribution < -0.4 is 0 Å². The molecule has 0 amide bonds. The quantitative estimate of drug-likeness (QED) is 0.546. The fraction of sp³-hybridized carbons (Fsp3) is 0.400. The molecule has 0 saturated heterocycles. The van der Waals surface area contributed by atoms with Gasteiger partial charge in [0.05, 0.1) is 30.4 Å². The van der Waals surface area contributed by atoms with Crippen LogP contribution in [0.25, 0.3) is 0 Å². The molecule has 0 atom stereocenters. The summed E-state index contributed by atoms with van der Waals surface area (Å²) in [5.74, 6) is -0.255. The molecule has 2 N–H and O–H groups in total. The number of carboxylic acid groups (broad SMARTS) is 1. The molecule has 0 spiro atoms. The Kier molecular flexibility index (Phi) is 5.84. The van der Waals surface area contributed by atoms with Crippen molar-refractivity contribution in [1.82, 2.24) is 4.98 Å². The summed E-state index contributed by atoms with van der Waals surface area (Å²) in [6.07, 6.45) is 1.33. The van der Waals surface area contributed by atoms with Crippen LogP contribution in [0.3, 0.4) is 0 Å². The molecule has 0 saturated carbocycles. The highest BCUT2D eigenvalue weighted by Crippen LogP contribution is 2.14. The summed E-state index contributed by atoms with van der Waals surface area (Å²) in [6, 6.07) is 3.19. The summed E-state index contributed by atoms with van der Waals surface area (Å²) < 4.78 is 5.07. The van der Waals surface area contributed by atoms with Crippen LogP contribution in [-0.2, 0) is 4.74 Å². The van der Waals surface area contributed by atoms with Gasteiger partial charge in [0.15, 0.2) is 0 Å². The highest BCUT2D eigenvalue weighted by molar-refractivity contribution is 7.99. The van der Waals surface area contributed by atoms with Gasteiger partial charge in [0, 0.05) is 11.9 Å². The molecule has 1 aromatic rings. The van der Waals surface area contributed by atoms with Crippen molar-refractivity contribution in [3.63, 3.8) is 0 Å². The molecule has 1 rings (SSSR count). The van der Waals surface area contributed by atoms with Crippen LogP contribution in [0.15, 0.2) is 23.4 Å². The predicted octanol–water partition coefficient (Wildman–Crippen LogP) is 0.881. The number of carbonyl (C=O) groups is 1. The van der Waals surface area contributed by atoms with Gasteiger partial charge >= 0.3 is 5.97 Å². The Balaban J connectivity index is 2.29. The predicted molar refractivity (Wildman–Crippen MR) is 59.8 cm³/mol. The molecule has 88 valence electrons. The zero-order valence-corrected chi connectivity index (χ0v) is 9.44. The Hall–Kier alpha value is -1.11. The molecule has 0 radical (unpaired) electrons. The minimum absolute atomic E-state index is 0.0240. The fourth-order valence-electron chi connectivity index (χ4n) is 0.964. The number of hydrogen-bond acceptors (Lipinski definition) is 5. The van der Waals surface area contributed by atoms with Crippen LogP contribution in [0, 0.1) is 0 Å². The van der Waals surface area contributed by atoms with E-state index in [1.807, 2.05) is 0 Å². The van der Waals surface area contributed by atoms with E-state index >= 15 is 0 Å². The highest BCUT2D eigenvalue weighted by atomic mass is 32.2. The fourth-order valence-corrected chi connectivity index (χ4v) is 1.67. The Bertz CT molecular complexity index is 328. The van der Waals surface area contributed by atoms with E-state index in [0.717, 1.165) is 10.8 Å². The summed E-state index contributed by atoms with van der Waals surface area (Å²) in [5.41, 5.74) is 0.181.